The first-order valence-corrected chi connectivity index (χ1v) is 6.53. The van der Waals surface area contributed by atoms with E-state index in [1.807, 2.05) is 60.1 Å². The summed E-state index contributed by atoms with van der Waals surface area (Å²) >= 11 is 6.14. The highest BCUT2D eigenvalue weighted by molar-refractivity contribution is 6.33. The highest BCUT2D eigenvalue weighted by Crippen LogP contribution is 2.31. The summed E-state index contributed by atoms with van der Waals surface area (Å²) in [4.78, 5) is 4.37. The monoisotopic (exact) mass is 272 g/mol. The van der Waals surface area contributed by atoms with Gasteiger partial charge >= 0.3 is 0 Å². The third kappa shape index (κ3) is 2.06. The van der Waals surface area contributed by atoms with Gasteiger partial charge in [-0.2, -0.15) is 0 Å². The Morgan fingerprint density at radius 2 is 2.05 bits per heavy atom. The maximum Gasteiger partial charge on any atom is 0.156 e. The topological polar surface area (TPSA) is 26.5 Å². The molecule has 0 bridgehead atoms. The number of pyridine rings is 1. The highest BCUT2D eigenvalue weighted by atomic mass is 35.5. The molecule has 3 nitrogen and oxygen atoms in total. The van der Waals surface area contributed by atoms with Crippen molar-refractivity contribution in [1.29, 1.82) is 0 Å². The van der Waals surface area contributed by atoms with Crippen LogP contribution in [-0.2, 0) is 0 Å². The summed E-state index contributed by atoms with van der Waals surface area (Å²) in [5, 5.41) is 0.641. The molecule has 4 heteroatoms. The molecule has 0 unspecified atom stereocenters. The van der Waals surface area contributed by atoms with Gasteiger partial charge in [0.1, 0.15) is 5.75 Å². The number of nitrogens with zero attached hydrogens (tertiary/aromatic N) is 2. The van der Waals surface area contributed by atoms with E-state index in [9.17, 15) is 0 Å². The molecule has 2 aromatic heterocycles. The number of halogens is 1. The summed E-state index contributed by atoms with van der Waals surface area (Å²) in [7, 11) is 0. The van der Waals surface area contributed by atoms with Gasteiger partial charge in [0, 0.05) is 11.8 Å². The fourth-order valence-electron chi connectivity index (χ4n) is 2.14. The lowest BCUT2D eigenvalue weighted by molar-refractivity contribution is 0.341. The zero-order valence-corrected chi connectivity index (χ0v) is 11.3. The molecule has 0 fully saturated rings. The van der Waals surface area contributed by atoms with Crippen molar-refractivity contribution < 1.29 is 4.74 Å². The van der Waals surface area contributed by atoms with Gasteiger partial charge in [-0.15, -0.1) is 0 Å². The third-order valence-corrected chi connectivity index (χ3v) is 3.25. The van der Waals surface area contributed by atoms with Crippen LogP contribution in [-0.4, -0.2) is 16.0 Å². The first kappa shape index (κ1) is 12.1. The molecule has 0 saturated heterocycles. The van der Waals surface area contributed by atoms with Crippen molar-refractivity contribution >= 4 is 17.2 Å². The molecule has 1 aromatic carbocycles. The number of imidazole rings is 1. The SMILES string of the molecule is CCOc1ccccc1-c1cnc2c(Cl)cccn12. The predicted octanol–water partition coefficient (Wildman–Crippen LogP) is 4.05. The lowest BCUT2D eigenvalue weighted by atomic mass is 10.1. The number of ether oxygens (including phenoxy) is 1. The summed E-state index contributed by atoms with van der Waals surface area (Å²) in [5.41, 5.74) is 2.74. The Hall–Kier alpha value is -2.00. The molecule has 0 N–H and O–H groups in total. The molecule has 0 aliphatic heterocycles. The van der Waals surface area contributed by atoms with Gasteiger partial charge in [-0.05, 0) is 31.2 Å². The van der Waals surface area contributed by atoms with Crippen LogP contribution >= 0.6 is 11.6 Å². The Bertz CT molecular complexity index is 721. The zero-order chi connectivity index (χ0) is 13.2. The summed E-state index contributed by atoms with van der Waals surface area (Å²) in [5.74, 6) is 0.853. The first-order chi connectivity index (χ1) is 9.31. The molecular formula is C15H13ClN2O. The van der Waals surface area contributed by atoms with E-state index in [1.165, 1.54) is 0 Å². The minimum Gasteiger partial charge on any atom is -0.493 e. The average molecular weight is 273 g/mol. The van der Waals surface area contributed by atoms with Crippen LogP contribution in [0.4, 0.5) is 0 Å². The smallest absolute Gasteiger partial charge is 0.156 e. The van der Waals surface area contributed by atoms with Crippen LogP contribution in [0.15, 0.2) is 48.8 Å². The van der Waals surface area contributed by atoms with E-state index in [2.05, 4.69) is 4.98 Å². The van der Waals surface area contributed by atoms with Crippen LogP contribution < -0.4 is 4.74 Å². The first-order valence-electron chi connectivity index (χ1n) is 6.15. The zero-order valence-electron chi connectivity index (χ0n) is 10.5. The van der Waals surface area contributed by atoms with Crippen molar-refractivity contribution in [3.8, 4) is 17.0 Å². The Morgan fingerprint density at radius 3 is 2.89 bits per heavy atom. The van der Waals surface area contributed by atoms with Crippen LogP contribution in [0.2, 0.25) is 5.02 Å². The van der Waals surface area contributed by atoms with E-state index >= 15 is 0 Å². The Kier molecular flexibility index (Phi) is 3.13. The number of rotatable bonds is 3. The van der Waals surface area contributed by atoms with Crippen molar-refractivity contribution in [2.24, 2.45) is 0 Å². The van der Waals surface area contributed by atoms with E-state index in [0.29, 0.717) is 11.6 Å². The summed E-state index contributed by atoms with van der Waals surface area (Å²) < 4.78 is 7.64. The molecule has 0 spiro atoms. The molecular weight excluding hydrogens is 260 g/mol. The fourth-order valence-corrected chi connectivity index (χ4v) is 2.35. The molecule has 3 aromatic rings. The second-order valence-corrected chi connectivity index (χ2v) is 4.53. The van der Waals surface area contributed by atoms with E-state index in [0.717, 1.165) is 22.7 Å². The van der Waals surface area contributed by atoms with Gasteiger partial charge in [-0.1, -0.05) is 23.7 Å². The predicted molar refractivity (Wildman–Crippen MR) is 76.8 cm³/mol. The minimum absolute atomic E-state index is 0.633. The number of hydrogen-bond acceptors (Lipinski definition) is 2. The second-order valence-electron chi connectivity index (χ2n) is 4.12. The van der Waals surface area contributed by atoms with E-state index < -0.39 is 0 Å². The molecule has 0 amide bonds. The third-order valence-electron chi connectivity index (χ3n) is 2.95. The quantitative estimate of drug-likeness (QED) is 0.719. The second kappa shape index (κ2) is 4.94. The Morgan fingerprint density at radius 1 is 1.21 bits per heavy atom. The van der Waals surface area contributed by atoms with Crippen LogP contribution in [0.5, 0.6) is 5.75 Å². The molecule has 96 valence electrons. The normalized spacial score (nSPS) is 10.8. The Labute approximate surface area is 116 Å². The van der Waals surface area contributed by atoms with Crippen molar-refractivity contribution in [2.45, 2.75) is 6.92 Å². The lowest BCUT2D eigenvalue weighted by Gasteiger charge is -2.09. The van der Waals surface area contributed by atoms with Crippen molar-refractivity contribution in [3.05, 3.63) is 53.8 Å². The molecule has 3 rings (SSSR count). The molecule has 2 heterocycles. The fraction of sp³-hybridized carbons (Fsp3) is 0.133. The Balaban J connectivity index is 2.22. The van der Waals surface area contributed by atoms with Crippen molar-refractivity contribution in [3.63, 3.8) is 0 Å². The van der Waals surface area contributed by atoms with E-state index in [4.69, 9.17) is 16.3 Å². The maximum atomic E-state index is 6.14. The van der Waals surface area contributed by atoms with Crippen LogP contribution in [0.3, 0.4) is 0 Å². The number of benzene rings is 1. The van der Waals surface area contributed by atoms with E-state index in [1.54, 1.807) is 0 Å². The van der Waals surface area contributed by atoms with Gasteiger partial charge in [0.25, 0.3) is 0 Å². The largest absolute Gasteiger partial charge is 0.493 e. The summed E-state index contributed by atoms with van der Waals surface area (Å²) in [6, 6.07) is 11.7. The van der Waals surface area contributed by atoms with Crippen molar-refractivity contribution in [1.82, 2.24) is 9.38 Å². The molecule has 0 aliphatic carbocycles. The molecule has 19 heavy (non-hydrogen) atoms. The van der Waals surface area contributed by atoms with Crippen molar-refractivity contribution in [2.75, 3.05) is 6.61 Å². The van der Waals surface area contributed by atoms with Gasteiger partial charge in [-0.3, -0.25) is 4.40 Å². The number of aromatic nitrogens is 2. The maximum absolute atomic E-state index is 6.14. The van der Waals surface area contributed by atoms with Crippen LogP contribution in [0.1, 0.15) is 6.92 Å². The molecule has 0 radical (unpaired) electrons. The molecule has 0 saturated carbocycles. The number of para-hydroxylation sites is 1. The van der Waals surface area contributed by atoms with Crippen LogP contribution in [0, 0.1) is 0 Å². The molecule has 0 aliphatic rings. The van der Waals surface area contributed by atoms with Crippen LogP contribution in [0.25, 0.3) is 16.9 Å². The summed E-state index contributed by atoms with van der Waals surface area (Å²) in [6.07, 6.45) is 3.77. The van der Waals surface area contributed by atoms with Gasteiger partial charge in [0.2, 0.25) is 0 Å². The standard InChI is InChI=1S/C15H13ClN2O/c1-2-19-14-8-4-3-6-11(14)13-10-17-15-12(16)7-5-9-18(13)15/h3-10H,2H2,1H3. The number of fused-ring (bicyclic) bond motifs is 1. The average Bonchev–Trinajstić information content (AvgIpc) is 2.85. The van der Waals surface area contributed by atoms with Gasteiger partial charge in [0.05, 0.1) is 23.5 Å². The van der Waals surface area contributed by atoms with Gasteiger partial charge in [0.15, 0.2) is 5.65 Å². The lowest BCUT2D eigenvalue weighted by Crippen LogP contribution is -1.95. The minimum atomic E-state index is 0.633. The highest BCUT2D eigenvalue weighted by Gasteiger charge is 2.11. The number of hydrogen-bond donors (Lipinski definition) is 0. The van der Waals surface area contributed by atoms with E-state index in [-0.39, 0.29) is 0 Å². The van der Waals surface area contributed by atoms with Gasteiger partial charge in [-0.25, -0.2) is 4.98 Å². The molecule has 0 atom stereocenters. The summed E-state index contributed by atoms with van der Waals surface area (Å²) in [6.45, 7) is 2.61. The van der Waals surface area contributed by atoms with Gasteiger partial charge < -0.3 is 4.74 Å².